The zero-order valence-electron chi connectivity index (χ0n) is 18.0. The molecular formula is C24H24ClNO5S. The lowest BCUT2D eigenvalue weighted by Crippen LogP contribution is -2.26. The number of sulfone groups is 1. The second-order valence-electron chi connectivity index (χ2n) is 7.33. The summed E-state index contributed by atoms with van der Waals surface area (Å²) in [6.45, 7) is 0.678. The van der Waals surface area contributed by atoms with E-state index in [2.05, 4.69) is 0 Å². The first-order valence-corrected chi connectivity index (χ1v) is 12.0. The van der Waals surface area contributed by atoms with E-state index in [0.29, 0.717) is 18.1 Å². The van der Waals surface area contributed by atoms with Crippen molar-refractivity contribution in [1.82, 2.24) is 4.90 Å². The highest BCUT2D eigenvalue weighted by Gasteiger charge is 2.19. The largest absolute Gasteiger partial charge is 0.493 e. The molecule has 0 saturated heterocycles. The first-order chi connectivity index (χ1) is 15.2. The molecule has 0 unspecified atom stereocenters. The summed E-state index contributed by atoms with van der Waals surface area (Å²) < 4.78 is 35.0. The molecule has 0 saturated carbocycles. The number of methoxy groups -OCH3 is 1. The minimum Gasteiger partial charge on any atom is -0.493 e. The van der Waals surface area contributed by atoms with Crippen LogP contribution >= 0.6 is 11.6 Å². The summed E-state index contributed by atoms with van der Waals surface area (Å²) in [4.78, 5) is 14.4. The van der Waals surface area contributed by atoms with Gasteiger partial charge in [-0.2, -0.15) is 0 Å². The third-order valence-electron chi connectivity index (χ3n) is 4.83. The fourth-order valence-electron chi connectivity index (χ4n) is 3.12. The van der Waals surface area contributed by atoms with Crippen LogP contribution in [-0.2, 0) is 23.0 Å². The monoisotopic (exact) mass is 473 g/mol. The molecule has 0 aliphatic carbocycles. The topological polar surface area (TPSA) is 72.9 Å². The van der Waals surface area contributed by atoms with Crippen molar-refractivity contribution < 1.29 is 22.7 Å². The van der Waals surface area contributed by atoms with Gasteiger partial charge in [0, 0.05) is 19.8 Å². The molecule has 0 N–H and O–H groups in total. The number of rotatable bonds is 8. The van der Waals surface area contributed by atoms with Crippen molar-refractivity contribution in [3.05, 3.63) is 88.4 Å². The van der Waals surface area contributed by atoms with Crippen molar-refractivity contribution >= 4 is 27.3 Å². The molecular weight excluding hydrogens is 450 g/mol. The Labute approximate surface area is 193 Å². The SMILES string of the molecule is COc1cc(CN(C)C(=O)c2cc(S(C)(=O)=O)ccc2Cl)ccc1OCc1ccccc1. The molecule has 0 bridgehead atoms. The zero-order valence-corrected chi connectivity index (χ0v) is 19.6. The summed E-state index contributed by atoms with van der Waals surface area (Å²) in [5.41, 5.74) is 1.99. The van der Waals surface area contributed by atoms with Gasteiger partial charge in [-0.15, -0.1) is 0 Å². The maximum Gasteiger partial charge on any atom is 0.255 e. The lowest BCUT2D eigenvalue weighted by molar-refractivity contribution is 0.0785. The zero-order chi connectivity index (χ0) is 23.3. The van der Waals surface area contributed by atoms with Gasteiger partial charge < -0.3 is 14.4 Å². The van der Waals surface area contributed by atoms with Crippen LogP contribution in [0.1, 0.15) is 21.5 Å². The molecule has 0 radical (unpaired) electrons. The van der Waals surface area contributed by atoms with Crippen molar-refractivity contribution in [2.75, 3.05) is 20.4 Å². The Balaban J connectivity index is 1.74. The number of hydrogen-bond acceptors (Lipinski definition) is 5. The van der Waals surface area contributed by atoms with Crippen LogP contribution < -0.4 is 9.47 Å². The van der Waals surface area contributed by atoms with Crippen LogP contribution in [0.5, 0.6) is 11.5 Å². The van der Waals surface area contributed by atoms with Gasteiger partial charge in [-0.1, -0.05) is 48.0 Å². The Bertz CT molecular complexity index is 1210. The highest BCUT2D eigenvalue weighted by atomic mass is 35.5. The fourth-order valence-corrected chi connectivity index (χ4v) is 3.96. The first kappa shape index (κ1) is 23.6. The van der Waals surface area contributed by atoms with Gasteiger partial charge in [0.2, 0.25) is 0 Å². The van der Waals surface area contributed by atoms with E-state index >= 15 is 0 Å². The molecule has 32 heavy (non-hydrogen) atoms. The number of nitrogens with zero attached hydrogens (tertiary/aromatic N) is 1. The summed E-state index contributed by atoms with van der Waals surface area (Å²) in [7, 11) is -0.281. The van der Waals surface area contributed by atoms with E-state index in [1.54, 1.807) is 26.3 Å². The summed E-state index contributed by atoms with van der Waals surface area (Å²) in [5.74, 6) is 0.762. The number of ether oxygens (including phenoxy) is 2. The molecule has 3 aromatic carbocycles. The quantitative estimate of drug-likeness (QED) is 0.478. The van der Waals surface area contributed by atoms with E-state index in [9.17, 15) is 13.2 Å². The number of halogens is 1. The highest BCUT2D eigenvalue weighted by Crippen LogP contribution is 2.30. The molecule has 1 amide bonds. The summed E-state index contributed by atoms with van der Waals surface area (Å²) in [6, 6.07) is 19.4. The molecule has 0 heterocycles. The van der Waals surface area contributed by atoms with Gasteiger partial charge in [0.25, 0.3) is 5.91 Å². The average Bonchev–Trinajstić information content (AvgIpc) is 2.77. The smallest absolute Gasteiger partial charge is 0.255 e. The second-order valence-corrected chi connectivity index (χ2v) is 9.76. The molecule has 8 heteroatoms. The van der Waals surface area contributed by atoms with Crippen LogP contribution in [-0.4, -0.2) is 39.6 Å². The Morgan fingerprint density at radius 3 is 2.34 bits per heavy atom. The molecule has 0 aromatic heterocycles. The maximum absolute atomic E-state index is 12.9. The lowest BCUT2D eigenvalue weighted by Gasteiger charge is -2.19. The van der Waals surface area contributed by atoms with Crippen LogP contribution in [0.2, 0.25) is 5.02 Å². The Kier molecular flexibility index (Phi) is 7.43. The van der Waals surface area contributed by atoms with E-state index in [1.807, 2.05) is 36.4 Å². The molecule has 168 valence electrons. The van der Waals surface area contributed by atoms with E-state index in [4.69, 9.17) is 21.1 Å². The van der Waals surface area contributed by atoms with Gasteiger partial charge >= 0.3 is 0 Å². The van der Waals surface area contributed by atoms with Crippen molar-refractivity contribution in [3.8, 4) is 11.5 Å². The van der Waals surface area contributed by atoms with Crippen molar-refractivity contribution in [2.24, 2.45) is 0 Å². The van der Waals surface area contributed by atoms with Gasteiger partial charge in [-0.05, 0) is 41.5 Å². The standard InChI is InChI=1S/C24H24ClNO5S/c1-26(24(27)20-14-19(32(3,28)29)10-11-21(20)25)15-18-9-12-22(23(13-18)30-2)31-16-17-7-5-4-6-8-17/h4-14H,15-16H2,1-3H3. The minimum atomic E-state index is -3.46. The van der Waals surface area contributed by atoms with Crippen LogP contribution in [0, 0.1) is 0 Å². The summed E-state index contributed by atoms with van der Waals surface area (Å²) in [5, 5.41) is 0.191. The first-order valence-electron chi connectivity index (χ1n) is 9.77. The third kappa shape index (κ3) is 5.81. The minimum absolute atomic E-state index is 0.0419. The Hall–Kier alpha value is -3.03. The molecule has 0 aliphatic rings. The lowest BCUT2D eigenvalue weighted by atomic mass is 10.1. The van der Waals surface area contributed by atoms with Crippen molar-refractivity contribution in [2.45, 2.75) is 18.0 Å². The van der Waals surface area contributed by atoms with Crippen molar-refractivity contribution in [3.63, 3.8) is 0 Å². The molecule has 3 aromatic rings. The molecule has 0 fully saturated rings. The molecule has 0 atom stereocenters. The van der Waals surface area contributed by atoms with Gasteiger partial charge in [0.05, 0.1) is 22.6 Å². The summed E-state index contributed by atoms with van der Waals surface area (Å²) in [6.07, 6.45) is 1.09. The van der Waals surface area contributed by atoms with Gasteiger partial charge in [0.15, 0.2) is 21.3 Å². The molecule has 0 spiro atoms. The van der Waals surface area contributed by atoms with Gasteiger partial charge in [-0.3, -0.25) is 4.79 Å². The Morgan fingerprint density at radius 2 is 1.69 bits per heavy atom. The highest BCUT2D eigenvalue weighted by molar-refractivity contribution is 7.90. The van der Waals surface area contributed by atoms with E-state index in [-0.39, 0.29) is 27.9 Å². The fraction of sp³-hybridized carbons (Fsp3) is 0.208. The Morgan fingerprint density at radius 1 is 0.969 bits per heavy atom. The van der Waals surface area contributed by atoms with Crippen LogP contribution in [0.4, 0.5) is 0 Å². The predicted molar refractivity (Wildman–Crippen MR) is 124 cm³/mol. The van der Waals surface area contributed by atoms with Gasteiger partial charge in [-0.25, -0.2) is 8.42 Å². The van der Waals surface area contributed by atoms with Gasteiger partial charge in [0.1, 0.15) is 6.61 Å². The van der Waals surface area contributed by atoms with Crippen LogP contribution in [0.15, 0.2) is 71.6 Å². The van der Waals surface area contributed by atoms with E-state index in [0.717, 1.165) is 17.4 Å². The van der Waals surface area contributed by atoms with E-state index < -0.39 is 9.84 Å². The summed E-state index contributed by atoms with van der Waals surface area (Å²) >= 11 is 6.16. The molecule has 3 rings (SSSR count). The predicted octanol–water partition coefficient (Wildman–Crippen LogP) is 4.60. The third-order valence-corrected chi connectivity index (χ3v) is 6.27. The van der Waals surface area contributed by atoms with Crippen LogP contribution in [0.25, 0.3) is 0 Å². The normalized spacial score (nSPS) is 11.1. The van der Waals surface area contributed by atoms with Crippen LogP contribution in [0.3, 0.4) is 0 Å². The van der Waals surface area contributed by atoms with E-state index in [1.165, 1.54) is 23.1 Å². The number of benzene rings is 3. The average molecular weight is 474 g/mol. The number of carbonyl (C=O) groups excluding carboxylic acids is 1. The molecule has 0 aliphatic heterocycles. The number of amides is 1. The number of hydrogen-bond donors (Lipinski definition) is 0. The maximum atomic E-state index is 12.9. The number of carbonyl (C=O) groups is 1. The molecule has 6 nitrogen and oxygen atoms in total. The second kappa shape index (κ2) is 10.1. The van der Waals surface area contributed by atoms with Crippen molar-refractivity contribution in [1.29, 1.82) is 0 Å².